The minimum atomic E-state index is -2.96. The molecule has 1 saturated heterocycles. The molecular weight excluding hydrogens is 352 g/mol. The van der Waals surface area contributed by atoms with E-state index >= 15 is 0 Å². The Morgan fingerprint density at radius 1 is 1.23 bits per heavy atom. The van der Waals surface area contributed by atoms with Crippen molar-refractivity contribution in [3.05, 3.63) is 30.3 Å². The summed E-state index contributed by atoms with van der Waals surface area (Å²) in [5.41, 5.74) is 1.28. The highest BCUT2D eigenvalue weighted by Crippen LogP contribution is 2.19. The maximum absolute atomic E-state index is 11.0. The Hall–Kier alpha value is -1.80. The molecule has 26 heavy (non-hydrogen) atoms. The molecule has 0 radical (unpaired) electrons. The van der Waals surface area contributed by atoms with E-state index in [-0.39, 0.29) is 12.4 Å². The molecule has 0 aromatic heterocycles. The number of rotatable bonds is 8. The van der Waals surface area contributed by atoms with E-state index in [1.165, 1.54) is 11.9 Å². The van der Waals surface area contributed by atoms with Gasteiger partial charge in [0.25, 0.3) is 0 Å². The minimum Gasteiger partial charge on any atom is -0.379 e. The van der Waals surface area contributed by atoms with Gasteiger partial charge in [-0.05, 0) is 25.0 Å². The highest BCUT2D eigenvalue weighted by Gasteiger charge is 2.20. The minimum absolute atomic E-state index is 0.0555. The van der Waals surface area contributed by atoms with Crippen LogP contribution in [0.3, 0.4) is 0 Å². The number of hydrogen-bond acceptors (Lipinski definition) is 5. The lowest BCUT2D eigenvalue weighted by Gasteiger charge is -2.34. The Morgan fingerprint density at radius 2 is 1.92 bits per heavy atom. The molecule has 7 nitrogen and oxygen atoms in total. The first-order valence-corrected chi connectivity index (χ1v) is 11.1. The zero-order valence-electron chi connectivity index (χ0n) is 15.6. The predicted octanol–water partition coefficient (Wildman–Crippen LogP) is 0.882. The molecule has 2 rings (SSSR count). The molecule has 0 aliphatic carbocycles. The normalized spacial score (nSPS) is 16.5. The molecule has 0 unspecified atom stereocenters. The molecule has 1 aliphatic rings. The van der Waals surface area contributed by atoms with Crippen molar-refractivity contribution < 1.29 is 13.2 Å². The van der Waals surface area contributed by atoms with Crippen molar-refractivity contribution >= 4 is 21.5 Å². The molecule has 0 bridgehead atoms. The van der Waals surface area contributed by atoms with Crippen LogP contribution in [0.25, 0.3) is 0 Å². The second-order valence-electron chi connectivity index (χ2n) is 6.48. The standard InChI is InChI=1S/C18H30N4O3S/c1-19-18(20-10-13-25-14-15-26(2,23)24)21-16-8-11-22(12-9-16)17-6-4-3-5-7-17/h3-7,16H,8-15H2,1-2H3,(H2,19,20,21). The summed E-state index contributed by atoms with van der Waals surface area (Å²) in [6.07, 6.45) is 3.32. The molecular formula is C18H30N4O3S. The van der Waals surface area contributed by atoms with Gasteiger partial charge in [-0.3, -0.25) is 4.99 Å². The number of piperidine rings is 1. The molecule has 2 N–H and O–H groups in total. The van der Waals surface area contributed by atoms with Gasteiger partial charge in [0, 0.05) is 44.7 Å². The quantitative estimate of drug-likeness (QED) is 0.395. The Balaban J connectivity index is 1.63. The van der Waals surface area contributed by atoms with Crippen LogP contribution in [0.15, 0.2) is 35.3 Å². The van der Waals surface area contributed by atoms with Crippen LogP contribution in [-0.4, -0.2) is 72.3 Å². The largest absolute Gasteiger partial charge is 0.379 e. The SMILES string of the molecule is CN=C(NCCOCCS(C)(=O)=O)NC1CCN(c2ccccc2)CC1. The number of hydrogen-bond donors (Lipinski definition) is 2. The van der Waals surface area contributed by atoms with Gasteiger partial charge in [-0.25, -0.2) is 8.42 Å². The number of nitrogens with zero attached hydrogens (tertiary/aromatic N) is 2. The van der Waals surface area contributed by atoms with Crippen molar-refractivity contribution in [2.24, 2.45) is 4.99 Å². The Morgan fingerprint density at radius 3 is 2.54 bits per heavy atom. The van der Waals surface area contributed by atoms with Gasteiger partial charge in [0.05, 0.1) is 19.0 Å². The van der Waals surface area contributed by atoms with Crippen LogP contribution in [0.2, 0.25) is 0 Å². The van der Waals surface area contributed by atoms with Crippen molar-refractivity contribution in [3.63, 3.8) is 0 Å². The molecule has 1 aliphatic heterocycles. The van der Waals surface area contributed by atoms with Gasteiger partial charge in [-0.1, -0.05) is 18.2 Å². The molecule has 1 aromatic rings. The second-order valence-corrected chi connectivity index (χ2v) is 8.74. The first kappa shape index (κ1) is 20.5. The van der Waals surface area contributed by atoms with Gasteiger partial charge in [-0.2, -0.15) is 0 Å². The third kappa shape index (κ3) is 7.61. The lowest BCUT2D eigenvalue weighted by atomic mass is 10.0. The van der Waals surface area contributed by atoms with Crippen LogP contribution in [0, 0.1) is 0 Å². The number of ether oxygens (including phenoxy) is 1. The van der Waals surface area contributed by atoms with Crippen LogP contribution >= 0.6 is 0 Å². The van der Waals surface area contributed by atoms with E-state index in [1.807, 2.05) is 6.07 Å². The number of aliphatic imine (C=N–C) groups is 1. The smallest absolute Gasteiger partial charge is 0.191 e. The number of para-hydroxylation sites is 1. The van der Waals surface area contributed by atoms with Gasteiger partial charge >= 0.3 is 0 Å². The van der Waals surface area contributed by atoms with Crippen molar-refractivity contribution in [3.8, 4) is 0 Å². The van der Waals surface area contributed by atoms with Crippen LogP contribution in [-0.2, 0) is 14.6 Å². The van der Waals surface area contributed by atoms with E-state index in [1.54, 1.807) is 7.05 Å². The van der Waals surface area contributed by atoms with Crippen LogP contribution in [0.5, 0.6) is 0 Å². The topological polar surface area (TPSA) is 83.0 Å². The fraction of sp³-hybridized carbons (Fsp3) is 0.611. The summed E-state index contributed by atoms with van der Waals surface area (Å²) in [6.45, 7) is 3.31. The predicted molar refractivity (Wildman–Crippen MR) is 107 cm³/mol. The maximum Gasteiger partial charge on any atom is 0.191 e. The molecule has 1 aromatic carbocycles. The molecule has 146 valence electrons. The molecule has 1 heterocycles. The van der Waals surface area contributed by atoms with E-state index in [9.17, 15) is 8.42 Å². The molecule has 8 heteroatoms. The number of guanidine groups is 1. The zero-order valence-corrected chi connectivity index (χ0v) is 16.5. The number of benzene rings is 1. The van der Waals surface area contributed by atoms with Crippen molar-refractivity contribution in [1.82, 2.24) is 10.6 Å². The summed E-state index contributed by atoms with van der Waals surface area (Å²) in [5, 5.41) is 6.66. The second kappa shape index (κ2) is 10.4. The number of anilines is 1. The van der Waals surface area contributed by atoms with Crippen molar-refractivity contribution in [2.75, 3.05) is 56.8 Å². The molecule has 0 spiro atoms. The third-order valence-corrected chi connectivity index (χ3v) is 5.23. The highest BCUT2D eigenvalue weighted by molar-refractivity contribution is 7.90. The lowest BCUT2D eigenvalue weighted by Crippen LogP contribution is -2.49. The molecule has 0 atom stereocenters. The summed E-state index contributed by atoms with van der Waals surface area (Å²) >= 11 is 0. The fourth-order valence-corrected chi connectivity index (χ4v) is 3.28. The van der Waals surface area contributed by atoms with Gasteiger partial charge in [0.1, 0.15) is 9.84 Å². The number of nitrogens with one attached hydrogen (secondary N) is 2. The Bertz CT molecular complexity index is 656. The molecule has 0 amide bonds. The molecule has 0 saturated carbocycles. The average molecular weight is 383 g/mol. The van der Waals surface area contributed by atoms with Gasteiger partial charge in [0.2, 0.25) is 0 Å². The van der Waals surface area contributed by atoms with Crippen LogP contribution in [0.4, 0.5) is 5.69 Å². The fourth-order valence-electron chi connectivity index (χ4n) is 2.86. The third-order valence-electron chi connectivity index (χ3n) is 4.32. The lowest BCUT2D eigenvalue weighted by molar-refractivity contribution is 0.154. The van der Waals surface area contributed by atoms with E-state index in [2.05, 4.69) is 44.8 Å². The van der Waals surface area contributed by atoms with Crippen molar-refractivity contribution in [2.45, 2.75) is 18.9 Å². The Labute approximate surface area is 156 Å². The van der Waals surface area contributed by atoms with E-state index in [0.29, 0.717) is 19.2 Å². The monoisotopic (exact) mass is 382 g/mol. The molecule has 1 fully saturated rings. The van der Waals surface area contributed by atoms with E-state index in [4.69, 9.17) is 4.74 Å². The number of sulfone groups is 1. The van der Waals surface area contributed by atoms with Gasteiger partial charge < -0.3 is 20.3 Å². The van der Waals surface area contributed by atoms with Crippen molar-refractivity contribution in [1.29, 1.82) is 0 Å². The average Bonchev–Trinajstić information content (AvgIpc) is 2.64. The Kier molecular flexibility index (Phi) is 8.18. The summed E-state index contributed by atoms with van der Waals surface area (Å²) < 4.78 is 27.4. The van der Waals surface area contributed by atoms with Gasteiger partial charge in [0.15, 0.2) is 5.96 Å². The highest BCUT2D eigenvalue weighted by atomic mass is 32.2. The van der Waals surface area contributed by atoms with E-state index in [0.717, 1.165) is 31.9 Å². The summed E-state index contributed by atoms with van der Waals surface area (Å²) in [4.78, 5) is 6.65. The summed E-state index contributed by atoms with van der Waals surface area (Å²) in [7, 11) is -1.21. The van der Waals surface area contributed by atoms with E-state index < -0.39 is 9.84 Å². The maximum atomic E-state index is 11.0. The first-order valence-electron chi connectivity index (χ1n) is 9.00. The summed E-state index contributed by atoms with van der Waals surface area (Å²) in [6, 6.07) is 10.9. The zero-order chi connectivity index (χ0) is 18.8. The first-order chi connectivity index (χ1) is 12.5. The van der Waals surface area contributed by atoms with Gasteiger partial charge in [-0.15, -0.1) is 0 Å². The van der Waals surface area contributed by atoms with Crippen LogP contribution in [0.1, 0.15) is 12.8 Å². The van der Waals surface area contributed by atoms with Crippen LogP contribution < -0.4 is 15.5 Å². The summed E-state index contributed by atoms with van der Waals surface area (Å²) in [5.74, 6) is 0.815.